The molecule has 1 fully saturated rings. The lowest BCUT2D eigenvalue weighted by Crippen LogP contribution is -2.32. The van der Waals surface area contributed by atoms with E-state index in [-0.39, 0.29) is 24.3 Å². The van der Waals surface area contributed by atoms with Gasteiger partial charge in [-0.15, -0.1) is 0 Å². The molecule has 2 aromatic rings. The van der Waals surface area contributed by atoms with Crippen LogP contribution in [-0.2, 0) is 4.79 Å². The molecule has 3 rings (SSSR count). The summed E-state index contributed by atoms with van der Waals surface area (Å²) in [5.41, 5.74) is 2.83. The van der Waals surface area contributed by atoms with Gasteiger partial charge in [-0.2, -0.15) is 0 Å². The molecule has 0 radical (unpaired) electrons. The zero-order chi connectivity index (χ0) is 22.5. The highest BCUT2D eigenvalue weighted by Gasteiger charge is 2.35. The zero-order valence-corrected chi connectivity index (χ0v) is 20.3. The van der Waals surface area contributed by atoms with Gasteiger partial charge in [-0.25, -0.2) is 0 Å². The summed E-state index contributed by atoms with van der Waals surface area (Å²) in [6, 6.07) is 9.54. The summed E-state index contributed by atoms with van der Waals surface area (Å²) < 4.78 is 17.5. The van der Waals surface area contributed by atoms with Crippen molar-refractivity contribution in [2.45, 2.75) is 20.8 Å². The Morgan fingerprint density at radius 1 is 1.10 bits per heavy atom. The standard InChI is InChI=1S/C23H24BrNO5S/c1-5-29-19-12-16(11-17(24)21(19)28-4)13-20-22(26)25(23(27)31-20)8-9-30-18-10-14(2)6-7-15(18)3/h6-7,10-13H,5,8-9H2,1-4H3/b20-13-. The first-order valence-electron chi connectivity index (χ1n) is 9.79. The van der Waals surface area contributed by atoms with E-state index in [9.17, 15) is 9.59 Å². The summed E-state index contributed by atoms with van der Waals surface area (Å²) >= 11 is 4.38. The molecule has 31 heavy (non-hydrogen) atoms. The number of nitrogens with zero attached hydrogens (tertiary/aromatic N) is 1. The Morgan fingerprint density at radius 2 is 1.87 bits per heavy atom. The predicted octanol–water partition coefficient (Wildman–Crippen LogP) is 5.59. The Bertz CT molecular complexity index is 1040. The third-order valence-electron chi connectivity index (χ3n) is 4.62. The molecule has 0 atom stereocenters. The van der Waals surface area contributed by atoms with Gasteiger partial charge in [0, 0.05) is 0 Å². The molecular formula is C23H24BrNO5S. The van der Waals surface area contributed by atoms with E-state index in [1.54, 1.807) is 19.3 Å². The summed E-state index contributed by atoms with van der Waals surface area (Å²) in [6.07, 6.45) is 1.68. The summed E-state index contributed by atoms with van der Waals surface area (Å²) in [7, 11) is 1.56. The molecule has 6 nitrogen and oxygen atoms in total. The van der Waals surface area contributed by atoms with Gasteiger partial charge in [0.1, 0.15) is 12.4 Å². The first kappa shape index (κ1) is 23.2. The largest absolute Gasteiger partial charge is 0.492 e. The maximum Gasteiger partial charge on any atom is 0.293 e. The number of amides is 2. The number of halogens is 1. The smallest absolute Gasteiger partial charge is 0.293 e. The molecule has 0 N–H and O–H groups in total. The molecule has 0 bridgehead atoms. The molecule has 1 aliphatic rings. The average molecular weight is 506 g/mol. The van der Waals surface area contributed by atoms with Crippen molar-refractivity contribution in [2.75, 3.05) is 26.9 Å². The summed E-state index contributed by atoms with van der Waals surface area (Å²) in [4.78, 5) is 26.8. The molecule has 1 aliphatic heterocycles. The van der Waals surface area contributed by atoms with Crippen molar-refractivity contribution in [3.8, 4) is 17.2 Å². The van der Waals surface area contributed by atoms with E-state index >= 15 is 0 Å². The van der Waals surface area contributed by atoms with Crippen LogP contribution in [0.15, 0.2) is 39.7 Å². The first-order chi connectivity index (χ1) is 14.8. The van der Waals surface area contributed by atoms with Gasteiger partial charge in [0.25, 0.3) is 11.1 Å². The van der Waals surface area contributed by atoms with Gasteiger partial charge in [-0.05, 0) is 89.4 Å². The topological polar surface area (TPSA) is 65.1 Å². The van der Waals surface area contributed by atoms with Gasteiger partial charge < -0.3 is 14.2 Å². The maximum absolute atomic E-state index is 12.8. The van der Waals surface area contributed by atoms with E-state index in [4.69, 9.17) is 14.2 Å². The Balaban J connectivity index is 1.72. The molecule has 8 heteroatoms. The van der Waals surface area contributed by atoms with Crippen LogP contribution in [-0.4, -0.2) is 42.9 Å². The Kier molecular flexibility index (Phi) is 7.67. The van der Waals surface area contributed by atoms with Gasteiger partial charge in [0.05, 0.1) is 29.6 Å². The number of methoxy groups -OCH3 is 1. The van der Waals surface area contributed by atoms with Crippen molar-refractivity contribution in [2.24, 2.45) is 0 Å². The molecule has 0 saturated carbocycles. The highest BCUT2D eigenvalue weighted by atomic mass is 79.9. The third kappa shape index (κ3) is 5.43. The molecule has 164 valence electrons. The van der Waals surface area contributed by atoms with Gasteiger partial charge >= 0.3 is 0 Å². The fraction of sp³-hybridized carbons (Fsp3) is 0.304. The summed E-state index contributed by atoms with van der Waals surface area (Å²) in [6.45, 7) is 6.72. The minimum Gasteiger partial charge on any atom is -0.492 e. The van der Waals surface area contributed by atoms with E-state index in [0.717, 1.165) is 34.2 Å². The third-order valence-corrected chi connectivity index (χ3v) is 6.12. The normalized spacial score (nSPS) is 15.0. The van der Waals surface area contributed by atoms with Crippen LogP contribution in [0.25, 0.3) is 6.08 Å². The number of benzene rings is 2. The molecule has 1 heterocycles. The Morgan fingerprint density at radius 3 is 2.58 bits per heavy atom. The van der Waals surface area contributed by atoms with Gasteiger partial charge in [-0.1, -0.05) is 12.1 Å². The molecule has 0 aromatic heterocycles. The van der Waals surface area contributed by atoms with Crippen LogP contribution in [0, 0.1) is 13.8 Å². The Labute approximate surface area is 194 Å². The summed E-state index contributed by atoms with van der Waals surface area (Å²) in [5, 5.41) is -0.307. The van der Waals surface area contributed by atoms with Crippen molar-refractivity contribution in [3.05, 3.63) is 56.4 Å². The number of hydrogen-bond donors (Lipinski definition) is 0. The van der Waals surface area contributed by atoms with E-state index in [1.165, 1.54) is 4.90 Å². The minimum atomic E-state index is -0.329. The minimum absolute atomic E-state index is 0.186. The molecule has 0 spiro atoms. The van der Waals surface area contributed by atoms with Gasteiger partial charge in [-0.3, -0.25) is 14.5 Å². The Hall–Kier alpha value is -2.45. The number of thioether (sulfide) groups is 1. The lowest BCUT2D eigenvalue weighted by Gasteiger charge is -2.14. The number of aryl methyl sites for hydroxylation is 2. The second-order valence-electron chi connectivity index (χ2n) is 6.92. The van der Waals surface area contributed by atoms with E-state index in [0.29, 0.717) is 27.5 Å². The molecule has 0 aliphatic carbocycles. The highest BCUT2D eigenvalue weighted by Crippen LogP contribution is 2.39. The molecule has 2 aromatic carbocycles. The van der Waals surface area contributed by atoms with E-state index in [2.05, 4.69) is 15.9 Å². The van der Waals surface area contributed by atoms with Crippen LogP contribution >= 0.6 is 27.7 Å². The van der Waals surface area contributed by atoms with Gasteiger partial charge in [0.2, 0.25) is 0 Å². The molecular weight excluding hydrogens is 482 g/mol. The van der Waals surface area contributed by atoms with Gasteiger partial charge in [0.15, 0.2) is 11.5 Å². The number of hydrogen-bond acceptors (Lipinski definition) is 6. The SMILES string of the molecule is CCOc1cc(/C=C2\SC(=O)N(CCOc3cc(C)ccc3C)C2=O)cc(Br)c1OC. The number of imide groups is 1. The summed E-state index contributed by atoms with van der Waals surface area (Å²) in [5.74, 6) is 1.57. The number of rotatable bonds is 8. The van der Waals surface area contributed by atoms with Crippen molar-refractivity contribution in [1.29, 1.82) is 0 Å². The van der Waals surface area contributed by atoms with E-state index < -0.39 is 0 Å². The number of carbonyl (C=O) groups excluding carboxylic acids is 2. The second kappa shape index (κ2) is 10.2. The fourth-order valence-corrected chi connectivity index (χ4v) is 4.57. The second-order valence-corrected chi connectivity index (χ2v) is 8.77. The quantitative estimate of drug-likeness (QED) is 0.435. The monoisotopic (exact) mass is 505 g/mol. The zero-order valence-electron chi connectivity index (χ0n) is 17.9. The van der Waals surface area contributed by atoms with Crippen LogP contribution in [0.5, 0.6) is 17.2 Å². The number of carbonyl (C=O) groups is 2. The molecule has 2 amide bonds. The predicted molar refractivity (Wildman–Crippen MR) is 126 cm³/mol. The lowest BCUT2D eigenvalue weighted by atomic mass is 10.1. The maximum atomic E-state index is 12.8. The van der Waals surface area contributed by atoms with Crippen molar-refractivity contribution in [1.82, 2.24) is 4.90 Å². The number of ether oxygens (including phenoxy) is 3. The van der Waals surface area contributed by atoms with Crippen LogP contribution in [0.1, 0.15) is 23.6 Å². The highest BCUT2D eigenvalue weighted by molar-refractivity contribution is 9.10. The van der Waals surface area contributed by atoms with Crippen molar-refractivity contribution in [3.63, 3.8) is 0 Å². The molecule has 1 saturated heterocycles. The first-order valence-corrected chi connectivity index (χ1v) is 11.4. The fourth-order valence-electron chi connectivity index (χ4n) is 3.09. The lowest BCUT2D eigenvalue weighted by molar-refractivity contribution is -0.123. The van der Waals surface area contributed by atoms with Crippen LogP contribution in [0.4, 0.5) is 4.79 Å². The van der Waals surface area contributed by atoms with Crippen LogP contribution < -0.4 is 14.2 Å². The van der Waals surface area contributed by atoms with Crippen LogP contribution in [0.2, 0.25) is 0 Å². The van der Waals surface area contributed by atoms with Crippen molar-refractivity contribution >= 4 is 44.9 Å². The van der Waals surface area contributed by atoms with Crippen LogP contribution in [0.3, 0.4) is 0 Å². The molecule has 0 unspecified atom stereocenters. The van der Waals surface area contributed by atoms with Crippen molar-refractivity contribution < 1.29 is 23.8 Å². The average Bonchev–Trinajstić information content (AvgIpc) is 2.98. The van der Waals surface area contributed by atoms with E-state index in [1.807, 2.05) is 45.0 Å².